The Balaban J connectivity index is 1.52. The number of hydrogen-bond donors (Lipinski definition) is 2. The van der Waals surface area contributed by atoms with E-state index >= 15 is 0 Å². The number of para-hydroxylation sites is 1. The van der Waals surface area contributed by atoms with Gasteiger partial charge in [-0.1, -0.05) is 65.7 Å². The Labute approximate surface area is 192 Å². The quantitative estimate of drug-likeness (QED) is 0.421. The average molecular weight is 471 g/mol. The van der Waals surface area contributed by atoms with Crippen molar-refractivity contribution < 1.29 is 8.42 Å². The Hall–Kier alpha value is -2.47. The normalized spacial score (nSPS) is 21.8. The van der Waals surface area contributed by atoms with Gasteiger partial charge in [0.05, 0.1) is 21.0 Å². The summed E-state index contributed by atoms with van der Waals surface area (Å²) in [5, 5.41) is 4.67. The lowest BCUT2D eigenvalue weighted by Crippen LogP contribution is -2.29. The van der Waals surface area contributed by atoms with Crippen molar-refractivity contribution in [2.24, 2.45) is 5.92 Å². The van der Waals surface area contributed by atoms with Crippen molar-refractivity contribution in [3.8, 4) is 0 Å². The molecule has 158 valence electrons. The van der Waals surface area contributed by atoms with Gasteiger partial charge in [0, 0.05) is 17.3 Å². The Morgan fingerprint density at radius 2 is 1.74 bits per heavy atom. The predicted molar refractivity (Wildman–Crippen MR) is 127 cm³/mol. The molecule has 7 heteroatoms. The summed E-state index contributed by atoms with van der Waals surface area (Å²) in [4.78, 5) is 0.246. The third kappa shape index (κ3) is 3.71. The number of allylic oxidation sites excluding steroid dienone is 2. The smallest absolute Gasteiger partial charge is 0.261 e. The fraction of sp³-hybridized carbons (Fsp3) is 0.167. The zero-order valence-corrected chi connectivity index (χ0v) is 18.8. The number of nitrogens with one attached hydrogen (secondary N) is 2. The van der Waals surface area contributed by atoms with Crippen molar-refractivity contribution in [2.45, 2.75) is 23.3 Å². The van der Waals surface area contributed by atoms with E-state index in [0.717, 1.165) is 23.2 Å². The van der Waals surface area contributed by atoms with E-state index in [0.29, 0.717) is 15.7 Å². The lowest BCUT2D eigenvalue weighted by Gasteiger charge is -2.38. The summed E-state index contributed by atoms with van der Waals surface area (Å²) in [7, 11) is -3.69. The van der Waals surface area contributed by atoms with E-state index in [1.165, 1.54) is 0 Å². The first-order valence-electron chi connectivity index (χ1n) is 10.0. The first kappa shape index (κ1) is 20.4. The molecule has 3 unspecified atom stereocenters. The minimum Gasteiger partial charge on any atom is -0.378 e. The van der Waals surface area contributed by atoms with E-state index in [1.807, 2.05) is 24.3 Å². The van der Waals surface area contributed by atoms with Crippen molar-refractivity contribution in [2.75, 3.05) is 10.0 Å². The lowest BCUT2D eigenvalue weighted by atomic mass is 9.77. The molecule has 31 heavy (non-hydrogen) atoms. The lowest BCUT2D eigenvalue weighted by molar-refractivity contribution is 0.425. The molecule has 2 aliphatic rings. The van der Waals surface area contributed by atoms with Gasteiger partial charge in [-0.05, 0) is 59.9 Å². The van der Waals surface area contributed by atoms with Crippen molar-refractivity contribution in [1.29, 1.82) is 0 Å². The Kier molecular flexibility index (Phi) is 5.21. The Morgan fingerprint density at radius 3 is 2.55 bits per heavy atom. The van der Waals surface area contributed by atoms with Crippen LogP contribution in [0.2, 0.25) is 10.0 Å². The molecule has 3 aromatic rings. The standard InChI is InChI=1S/C24H20Cl2N2O2S/c25-21-11-5-10-19(23(21)26)24-18-9-4-8-17(18)20-14-16(12-13-22(20)27-24)31(29,30)28-15-6-2-1-3-7-15/h1-8,10-14,17-18,24,27-28H,9H2. The van der Waals surface area contributed by atoms with Gasteiger partial charge in [0.25, 0.3) is 10.0 Å². The van der Waals surface area contributed by atoms with Gasteiger partial charge in [-0.25, -0.2) is 8.42 Å². The second-order valence-corrected chi connectivity index (χ2v) is 10.3. The first-order chi connectivity index (χ1) is 14.9. The van der Waals surface area contributed by atoms with E-state index in [1.54, 1.807) is 42.5 Å². The molecule has 0 saturated heterocycles. The molecule has 0 fully saturated rings. The van der Waals surface area contributed by atoms with E-state index in [2.05, 4.69) is 22.2 Å². The fourth-order valence-corrected chi connectivity index (χ4v) is 6.05. The SMILES string of the molecule is O=S(=O)(Nc1ccccc1)c1ccc2c(c1)C1C=CCC1C(c1cccc(Cl)c1Cl)N2. The number of anilines is 2. The summed E-state index contributed by atoms with van der Waals surface area (Å²) in [5.41, 5.74) is 3.38. The van der Waals surface area contributed by atoms with Crippen molar-refractivity contribution >= 4 is 44.6 Å². The molecule has 1 aliphatic heterocycles. The van der Waals surface area contributed by atoms with Crippen molar-refractivity contribution in [3.05, 3.63) is 100 Å². The summed E-state index contributed by atoms with van der Waals surface area (Å²) in [5.74, 6) is 0.326. The zero-order valence-electron chi connectivity index (χ0n) is 16.4. The van der Waals surface area contributed by atoms with Gasteiger partial charge in [0.15, 0.2) is 0 Å². The van der Waals surface area contributed by atoms with Crippen LogP contribution in [-0.4, -0.2) is 8.42 Å². The van der Waals surface area contributed by atoms with Crippen LogP contribution in [0.25, 0.3) is 0 Å². The highest BCUT2D eigenvalue weighted by molar-refractivity contribution is 7.92. The topological polar surface area (TPSA) is 58.2 Å². The van der Waals surface area contributed by atoms with E-state index in [9.17, 15) is 8.42 Å². The van der Waals surface area contributed by atoms with Gasteiger partial charge in [-0.15, -0.1) is 0 Å². The summed E-state index contributed by atoms with van der Waals surface area (Å²) in [6.07, 6.45) is 5.20. The van der Waals surface area contributed by atoms with Crippen LogP contribution >= 0.6 is 23.2 Å². The second kappa shape index (κ2) is 7.90. The van der Waals surface area contributed by atoms with Crippen LogP contribution in [-0.2, 0) is 10.0 Å². The van der Waals surface area contributed by atoms with E-state index in [-0.39, 0.29) is 22.8 Å². The number of halogens is 2. The van der Waals surface area contributed by atoms with Crippen LogP contribution in [0.4, 0.5) is 11.4 Å². The zero-order chi connectivity index (χ0) is 21.6. The Bertz CT molecular complexity index is 1280. The fourth-order valence-electron chi connectivity index (χ4n) is 4.53. The van der Waals surface area contributed by atoms with Crippen LogP contribution in [0.1, 0.15) is 29.5 Å². The van der Waals surface area contributed by atoms with Gasteiger partial charge >= 0.3 is 0 Å². The third-order valence-electron chi connectivity index (χ3n) is 5.99. The van der Waals surface area contributed by atoms with Crippen molar-refractivity contribution in [3.63, 3.8) is 0 Å². The molecule has 0 radical (unpaired) electrons. The summed E-state index contributed by atoms with van der Waals surface area (Å²) >= 11 is 12.8. The number of hydrogen-bond acceptors (Lipinski definition) is 3. The molecule has 4 nitrogen and oxygen atoms in total. The van der Waals surface area contributed by atoms with Gasteiger partial charge < -0.3 is 5.32 Å². The third-order valence-corrected chi connectivity index (χ3v) is 8.20. The number of benzene rings is 3. The minimum atomic E-state index is -3.69. The maximum Gasteiger partial charge on any atom is 0.261 e. The summed E-state index contributed by atoms with van der Waals surface area (Å²) in [6, 6.07) is 19.8. The van der Waals surface area contributed by atoms with Crippen molar-refractivity contribution in [1.82, 2.24) is 0 Å². The number of rotatable bonds is 4. The maximum atomic E-state index is 13.0. The molecular formula is C24H20Cl2N2O2S. The highest BCUT2D eigenvalue weighted by atomic mass is 35.5. The van der Waals surface area contributed by atoms with Gasteiger partial charge in [-0.3, -0.25) is 4.72 Å². The molecule has 3 atom stereocenters. The molecule has 0 saturated carbocycles. The second-order valence-electron chi connectivity index (χ2n) is 7.84. The number of fused-ring (bicyclic) bond motifs is 3. The largest absolute Gasteiger partial charge is 0.378 e. The van der Waals surface area contributed by atoms with Crippen LogP contribution in [0.15, 0.2) is 83.8 Å². The molecule has 1 aliphatic carbocycles. The van der Waals surface area contributed by atoms with Crippen LogP contribution in [0.3, 0.4) is 0 Å². The average Bonchev–Trinajstić information content (AvgIpc) is 3.26. The van der Waals surface area contributed by atoms with Crippen LogP contribution in [0.5, 0.6) is 0 Å². The highest BCUT2D eigenvalue weighted by Gasteiger charge is 2.39. The van der Waals surface area contributed by atoms with Gasteiger partial charge in [-0.2, -0.15) is 0 Å². The molecule has 0 spiro atoms. The molecule has 1 heterocycles. The molecule has 2 N–H and O–H groups in total. The molecule has 5 rings (SSSR count). The van der Waals surface area contributed by atoms with E-state index < -0.39 is 10.0 Å². The summed E-state index contributed by atoms with van der Waals surface area (Å²) in [6.45, 7) is 0. The molecule has 0 aromatic heterocycles. The van der Waals surface area contributed by atoms with Crippen LogP contribution in [0, 0.1) is 5.92 Å². The van der Waals surface area contributed by atoms with E-state index in [4.69, 9.17) is 23.2 Å². The van der Waals surface area contributed by atoms with Gasteiger partial charge in [0.2, 0.25) is 0 Å². The minimum absolute atomic E-state index is 0.0106. The first-order valence-corrected chi connectivity index (χ1v) is 12.3. The summed E-state index contributed by atoms with van der Waals surface area (Å²) < 4.78 is 28.6. The predicted octanol–water partition coefficient (Wildman–Crippen LogP) is 6.62. The van der Waals surface area contributed by atoms with Crippen LogP contribution < -0.4 is 10.0 Å². The molecule has 0 bridgehead atoms. The highest BCUT2D eigenvalue weighted by Crippen LogP contribution is 2.51. The molecular weight excluding hydrogens is 451 g/mol. The Morgan fingerprint density at radius 1 is 0.935 bits per heavy atom. The maximum absolute atomic E-state index is 13.0. The molecule has 3 aromatic carbocycles. The monoisotopic (exact) mass is 470 g/mol. The molecule has 0 amide bonds. The van der Waals surface area contributed by atoms with Gasteiger partial charge in [0.1, 0.15) is 0 Å². The number of sulfonamides is 1.